The maximum Gasteiger partial charge on any atom is 0.324 e. The van der Waals surface area contributed by atoms with Gasteiger partial charge in [0.25, 0.3) is 0 Å². The van der Waals surface area contributed by atoms with Crippen molar-refractivity contribution in [3.8, 4) is 0 Å². The monoisotopic (exact) mass is 265 g/mol. The second-order valence-electron chi connectivity index (χ2n) is 4.96. The Labute approximate surface area is 114 Å². The van der Waals surface area contributed by atoms with Gasteiger partial charge in [-0.15, -0.1) is 0 Å². The van der Waals surface area contributed by atoms with E-state index in [4.69, 9.17) is 4.74 Å². The number of carbonyl (C=O) groups is 1. The quantitative estimate of drug-likeness (QED) is 0.813. The Morgan fingerprint density at radius 2 is 2.21 bits per heavy atom. The predicted molar refractivity (Wildman–Crippen MR) is 73.1 cm³/mol. The van der Waals surface area contributed by atoms with E-state index in [1.807, 2.05) is 13.8 Å². The van der Waals surface area contributed by atoms with Gasteiger partial charge in [0.15, 0.2) is 0 Å². The number of imidazole rings is 1. The van der Waals surface area contributed by atoms with Crippen molar-refractivity contribution in [2.45, 2.75) is 52.1 Å². The number of nitrogens with zero attached hydrogens (tertiary/aromatic N) is 2. The zero-order valence-electron chi connectivity index (χ0n) is 12.0. The van der Waals surface area contributed by atoms with E-state index in [1.165, 1.54) is 24.2 Å². The van der Waals surface area contributed by atoms with Crippen molar-refractivity contribution in [2.24, 2.45) is 0 Å². The van der Waals surface area contributed by atoms with Crippen LogP contribution in [0.2, 0.25) is 0 Å². The molecule has 1 atom stereocenters. The summed E-state index contributed by atoms with van der Waals surface area (Å²) in [6, 6.07) is -0.307. The average Bonchev–Trinajstić information content (AvgIpc) is 2.72. The molecule has 19 heavy (non-hydrogen) atoms. The van der Waals surface area contributed by atoms with Crippen LogP contribution in [0.15, 0.2) is 0 Å². The van der Waals surface area contributed by atoms with Crippen molar-refractivity contribution < 1.29 is 9.53 Å². The van der Waals surface area contributed by atoms with Crippen LogP contribution in [0.3, 0.4) is 0 Å². The third-order valence-electron chi connectivity index (χ3n) is 3.71. The maximum absolute atomic E-state index is 11.9. The van der Waals surface area contributed by atoms with Gasteiger partial charge >= 0.3 is 5.97 Å². The largest absolute Gasteiger partial charge is 0.465 e. The molecule has 0 radical (unpaired) electrons. The summed E-state index contributed by atoms with van der Waals surface area (Å²) in [6.07, 6.45) is 4.56. The lowest BCUT2D eigenvalue weighted by molar-refractivity contribution is -0.145. The van der Waals surface area contributed by atoms with Crippen LogP contribution >= 0.6 is 0 Å². The fourth-order valence-electron chi connectivity index (χ4n) is 2.69. The molecule has 0 aliphatic heterocycles. The molecule has 0 saturated heterocycles. The standard InChI is InChI=1S/C14H23N3O2/c1-4-19-14(18)12(15-3)9-17-10(2)16-11-7-5-6-8-13(11)17/h12,15H,4-9H2,1-3H3. The van der Waals surface area contributed by atoms with Gasteiger partial charge in [0.05, 0.1) is 18.8 Å². The van der Waals surface area contributed by atoms with Crippen LogP contribution < -0.4 is 5.32 Å². The van der Waals surface area contributed by atoms with E-state index >= 15 is 0 Å². The number of likely N-dealkylation sites (N-methyl/N-ethyl adjacent to an activating group) is 1. The number of carbonyl (C=O) groups excluding carboxylic acids is 1. The van der Waals surface area contributed by atoms with E-state index < -0.39 is 0 Å². The van der Waals surface area contributed by atoms with Crippen molar-refractivity contribution in [3.05, 3.63) is 17.2 Å². The second kappa shape index (κ2) is 6.19. The van der Waals surface area contributed by atoms with Gasteiger partial charge in [-0.2, -0.15) is 0 Å². The number of hydrogen-bond donors (Lipinski definition) is 1. The molecule has 5 heteroatoms. The van der Waals surface area contributed by atoms with E-state index in [9.17, 15) is 4.79 Å². The molecule has 0 aromatic carbocycles. The smallest absolute Gasteiger partial charge is 0.324 e. The molecule has 1 N–H and O–H groups in total. The molecule has 0 spiro atoms. The Hall–Kier alpha value is -1.36. The lowest BCUT2D eigenvalue weighted by Gasteiger charge is -2.19. The van der Waals surface area contributed by atoms with Gasteiger partial charge in [0, 0.05) is 5.69 Å². The molecule has 0 amide bonds. The first-order valence-corrected chi connectivity index (χ1v) is 7.06. The Balaban J connectivity index is 2.17. The first-order chi connectivity index (χ1) is 9.17. The number of fused-ring (bicyclic) bond motifs is 1. The van der Waals surface area contributed by atoms with Crippen molar-refractivity contribution in [3.63, 3.8) is 0 Å². The average molecular weight is 265 g/mol. The highest BCUT2D eigenvalue weighted by atomic mass is 16.5. The molecule has 2 rings (SSSR count). The molecular weight excluding hydrogens is 242 g/mol. The predicted octanol–water partition coefficient (Wildman–Crippen LogP) is 1.22. The molecule has 1 aromatic heterocycles. The summed E-state index contributed by atoms with van der Waals surface area (Å²) < 4.78 is 7.27. The van der Waals surface area contributed by atoms with Crippen molar-refractivity contribution in [1.29, 1.82) is 0 Å². The minimum atomic E-state index is -0.307. The fourth-order valence-corrected chi connectivity index (χ4v) is 2.69. The first kappa shape index (κ1) is 14.1. The van der Waals surface area contributed by atoms with Crippen LogP contribution in [0.25, 0.3) is 0 Å². The van der Waals surface area contributed by atoms with Gasteiger partial charge in [-0.1, -0.05) is 0 Å². The highest BCUT2D eigenvalue weighted by Crippen LogP contribution is 2.22. The topological polar surface area (TPSA) is 56.2 Å². The first-order valence-electron chi connectivity index (χ1n) is 7.06. The molecule has 5 nitrogen and oxygen atoms in total. The molecule has 106 valence electrons. The van der Waals surface area contributed by atoms with E-state index in [-0.39, 0.29) is 12.0 Å². The van der Waals surface area contributed by atoms with E-state index in [0.29, 0.717) is 13.2 Å². The molecule has 0 fully saturated rings. The van der Waals surface area contributed by atoms with Crippen LogP contribution in [-0.2, 0) is 28.9 Å². The molecule has 1 aliphatic carbocycles. The van der Waals surface area contributed by atoms with Gasteiger partial charge in [0.2, 0.25) is 0 Å². The van der Waals surface area contributed by atoms with Gasteiger partial charge in [0.1, 0.15) is 11.9 Å². The van der Waals surface area contributed by atoms with Crippen LogP contribution in [0, 0.1) is 6.92 Å². The summed E-state index contributed by atoms with van der Waals surface area (Å²) in [5.41, 5.74) is 2.51. The van der Waals surface area contributed by atoms with Gasteiger partial charge in [-0.3, -0.25) is 4.79 Å². The lowest BCUT2D eigenvalue weighted by Crippen LogP contribution is -2.40. The molecule has 1 aromatic rings. The number of nitrogens with one attached hydrogen (secondary N) is 1. The summed E-state index contributed by atoms with van der Waals surface area (Å²) in [7, 11) is 1.79. The zero-order chi connectivity index (χ0) is 13.8. The summed E-state index contributed by atoms with van der Waals surface area (Å²) >= 11 is 0. The Bertz CT molecular complexity index is 454. The highest BCUT2D eigenvalue weighted by Gasteiger charge is 2.23. The summed E-state index contributed by atoms with van der Waals surface area (Å²) in [4.78, 5) is 16.5. The van der Waals surface area contributed by atoms with Gasteiger partial charge in [-0.25, -0.2) is 4.98 Å². The summed E-state index contributed by atoms with van der Waals surface area (Å²) in [5, 5.41) is 3.04. The normalized spacial score (nSPS) is 15.9. The fraction of sp³-hybridized carbons (Fsp3) is 0.714. The molecule has 1 heterocycles. The highest BCUT2D eigenvalue weighted by molar-refractivity contribution is 5.75. The molecule has 1 unspecified atom stereocenters. The van der Waals surface area contributed by atoms with E-state index in [2.05, 4.69) is 14.9 Å². The van der Waals surface area contributed by atoms with Crippen molar-refractivity contribution in [2.75, 3.05) is 13.7 Å². The van der Waals surface area contributed by atoms with E-state index in [1.54, 1.807) is 7.05 Å². The summed E-state index contributed by atoms with van der Waals surface area (Å²) in [6.45, 7) is 4.85. The zero-order valence-corrected chi connectivity index (χ0v) is 12.0. The SMILES string of the molecule is CCOC(=O)C(Cn1c(C)nc2c1CCCC2)NC. The molecule has 1 aliphatic rings. The number of ether oxygens (including phenoxy) is 1. The number of hydrogen-bond acceptors (Lipinski definition) is 4. The second-order valence-corrected chi connectivity index (χ2v) is 4.96. The number of rotatable bonds is 5. The van der Waals surface area contributed by atoms with E-state index in [0.717, 1.165) is 18.7 Å². The minimum Gasteiger partial charge on any atom is -0.465 e. The van der Waals surface area contributed by atoms with Crippen molar-refractivity contribution in [1.82, 2.24) is 14.9 Å². The third-order valence-corrected chi connectivity index (χ3v) is 3.71. The van der Waals surface area contributed by atoms with Crippen molar-refractivity contribution >= 4 is 5.97 Å². The molecule has 0 bridgehead atoms. The number of esters is 1. The number of aryl methyl sites for hydroxylation is 2. The Kier molecular flexibility index (Phi) is 4.58. The Morgan fingerprint density at radius 1 is 1.47 bits per heavy atom. The minimum absolute atomic E-state index is 0.192. The van der Waals surface area contributed by atoms with Gasteiger partial charge in [-0.05, 0) is 46.6 Å². The van der Waals surface area contributed by atoms with Crippen LogP contribution in [0.5, 0.6) is 0 Å². The maximum atomic E-state index is 11.9. The Morgan fingerprint density at radius 3 is 2.89 bits per heavy atom. The molecular formula is C14H23N3O2. The third kappa shape index (κ3) is 2.97. The van der Waals surface area contributed by atoms with Crippen LogP contribution in [-0.4, -0.2) is 35.2 Å². The lowest BCUT2D eigenvalue weighted by atomic mass is 10.0. The van der Waals surface area contributed by atoms with Crippen LogP contribution in [0.1, 0.15) is 37.0 Å². The van der Waals surface area contributed by atoms with Crippen LogP contribution in [0.4, 0.5) is 0 Å². The molecule has 0 saturated carbocycles. The van der Waals surface area contributed by atoms with Gasteiger partial charge < -0.3 is 14.6 Å². The number of aromatic nitrogens is 2. The summed E-state index contributed by atoms with van der Waals surface area (Å²) in [5.74, 6) is 0.805.